The first-order chi connectivity index (χ1) is 13.8. The van der Waals surface area contributed by atoms with Crippen molar-refractivity contribution in [3.05, 3.63) is 47.2 Å². The number of pyridine rings is 1. The van der Waals surface area contributed by atoms with Crippen LogP contribution in [0.3, 0.4) is 0 Å². The van der Waals surface area contributed by atoms with E-state index in [1.54, 1.807) is 13.2 Å². The maximum atomic E-state index is 13.5. The fourth-order valence-corrected chi connectivity index (χ4v) is 3.56. The molecule has 3 heterocycles. The van der Waals surface area contributed by atoms with E-state index in [1.165, 1.54) is 12.4 Å². The van der Waals surface area contributed by atoms with E-state index in [1.807, 2.05) is 11.8 Å². The van der Waals surface area contributed by atoms with Gasteiger partial charge in [0.05, 0.1) is 46.8 Å². The number of aromatic amines is 1. The first-order valence-corrected chi connectivity index (χ1v) is 9.15. The number of benzene rings is 1. The Labute approximate surface area is 170 Å². The van der Waals surface area contributed by atoms with Crippen LogP contribution in [0.15, 0.2) is 30.6 Å². The third-order valence-corrected chi connectivity index (χ3v) is 5.17. The molecule has 1 aliphatic heterocycles. The summed E-state index contributed by atoms with van der Waals surface area (Å²) >= 11 is 6.31. The Bertz CT molecular complexity index is 1100. The molecule has 0 saturated carbocycles. The number of carbonyl (C=O) groups is 1. The van der Waals surface area contributed by atoms with E-state index in [0.717, 1.165) is 12.1 Å². The van der Waals surface area contributed by atoms with Crippen molar-refractivity contribution in [2.75, 3.05) is 35.7 Å². The number of fused-ring (bicyclic) bond motifs is 1. The molecule has 0 radical (unpaired) electrons. The summed E-state index contributed by atoms with van der Waals surface area (Å²) in [6.07, 6.45) is 2.95. The number of ether oxygens (including phenoxy) is 1. The number of aromatic nitrogens is 2. The summed E-state index contributed by atoms with van der Waals surface area (Å²) in [5.41, 5.74) is 0.851. The first-order valence-electron chi connectivity index (χ1n) is 8.78. The molecule has 0 spiro atoms. The minimum absolute atomic E-state index is 0.219. The van der Waals surface area contributed by atoms with E-state index in [0.29, 0.717) is 46.2 Å². The van der Waals surface area contributed by atoms with Gasteiger partial charge in [-0.05, 0) is 19.1 Å². The van der Waals surface area contributed by atoms with Crippen molar-refractivity contribution in [2.24, 2.45) is 0 Å². The summed E-state index contributed by atoms with van der Waals surface area (Å²) in [6.45, 7) is 3.34. The van der Waals surface area contributed by atoms with Gasteiger partial charge in [0, 0.05) is 24.8 Å². The zero-order chi connectivity index (χ0) is 20.8. The van der Waals surface area contributed by atoms with Crippen LogP contribution in [0.4, 0.5) is 30.8 Å². The lowest BCUT2D eigenvalue weighted by molar-refractivity contribution is -0.0171. The molecule has 4 rings (SSSR count). The average molecular weight is 422 g/mol. The summed E-state index contributed by atoms with van der Waals surface area (Å²) in [4.78, 5) is 21.4. The minimum atomic E-state index is -0.998. The number of rotatable bonds is 4. The predicted molar refractivity (Wildman–Crippen MR) is 108 cm³/mol. The van der Waals surface area contributed by atoms with Gasteiger partial charge in [-0.1, -0.05) is 11.6 Å². The van der Waals surface area contributed by atoms with Gasteiger partial charge in [0.15, 0.2) is 11.6 Å². The highest BCUT2D eigenvalue weighted by Crippen LogP contribution is 2.34. The molecular weight excluding hydrogens is 404 g/mol. The number of nitrogens with one attached hydrogen (secondary N) is 3. The molecular formula is C19H18ClF2N5O2. The van der Waals surface area contributed by atoms with Crippen LogP contribution in [-0.4, -0.2) is 41.8 Å². The molecule has 0 unspecified atom stereocenters. The highest BCUT2D eigenvalue weighted by Gasteiger charge is 2.40. The van der Waals surface area contributed by atoms with Gasteiger partial charge in [-0.15, -0.1) is 0 Å². The molecule has 3 aromatic rings. The van der Waals surface area contributed by atoms with E-state index in [-0.39, 0.29) is 5.60 Å². The van der Waals surface area contributed by atoms with Gasteiger partial charge >= 0.3 is 6.03 Å². The van der Waals surface area contributed by atoms with E-state index >= 15 is 0 Å². The minimum Gasteiger partial charge on any atom is -0.375 e. The molecule has 1 fully saturated rings. The van der Waals surface area contributed by atoms with Crippen LogP contribution in [0.25, 0.3) is 10.9 Å². The standard InChI is InChI=1S/C19H18ClF2N5O2/c1-19(29-2)8-27(9-19)17-12(20)3-10(6-24-17)25-18(28)26-16-7-23-15-5-14(22)13(21)4-11(15)16/h3-7,23H,8-9H2,1-2H3,(H2,25,26,28). The summed E-state index contributed by atoms with van der Waals surface area (Å²) in [6, 6.07) is 3.07. The second kappa shape index (κ2) is 7.16. The second-order valence-corrected chi connectivity index (χ2v) is 7.54. The zero-order valence-corrected chi connectivity index (χ0v) is 16.4. The van der Waals surface area contributed by atoms with Crippen LogP contribution in [0.1, 0.15) is 6.92 Å². The van der Waals surface area contributed by atoms with Gasteiger partial charge in [-0.3, -0.25) is 0 Å². The SMILES string of the molecule is COC1(C)CN(c2ncc(NC(=O)Nc3c[nH]c4cc(F)c(F)cc34)cc2Cl)C1. The maximum Gasteiger partial charge on any atom is 0.323 e. The van der Waals surface area contributed by atoms with Gasteiger partial charge in [-0.25, -0.2) is 18.6 Å². The number of hydrogen-bond acceptors (Lipinski definition) is 4. The molecule has 10 heteroatoms. The molecule has 2 aromatic heterocycles. The van der Waals surface area contributed by atoms with Crippen molar-refractivity contribution >= 4 is 45.7 Å². The summed E-state index contributed by atoms with van der Waals surface area (Å²) in [5, 5.41) is 5.95. The second-order valence-electron chi connectivity index (χ2n) is 7.13. The molecule has 1 aliphatic rings. The van der Waals surface area contributed by atoms with E-state index in [9.17, 15) is 13.6 Å². The Morgan fingerprint density at radius 3 is 2.69 bits per heavy atom. The van der Waals surface area contributed by atoms with Crippen molar-refractivity contribution in [3.63, 3.8) is 0 Å². The quantitative estimate of drug-likeness (QED) is 0.584. The lowest BCUT2D eigenvalue weighted by Gasteiger charge is -2.47. The molecule has 29 heavy (non-hydrogen) atoms. The van der Waals surface area contributed by atoms with Gasteiger partial charge in [0.25, 0.3) is 0 Å². The molecule has 7 nitrogen and oxygen atoms in total. The normalized spacial score (nSPS) is 15.3. The molecule has 0 bridgehead atoms. The lowest BCUT2D eigenvalue weighted by Crippen LogP contribution is -2.61. The van der Waals surface area contributed by atoms with E-state index < -0.39 is 17.7 Å². The molecule has 152 valence electrons. The number of methoxy groups -OCH3 is 1. The molecule has 3 N–H and O–H groups in total. The highest BCUT2D eigenvalue weighted by atomic mass is 35.5. The average Bonchev–Trinajstić information content (AvgIpc) is 3.01. The number of nitrogens with zero attached hydrogens (tertiary/aromatic N) is 2. The predicted octanol–water partition coefficient (Wildman–Crippen LogP) is 4.36. The van der Waals surface area contributed by atoms with Crippen LogP contribution < -0.4 is 15.5 Å². The van der Waals surface area contributed by atoms with Crippen molar-refractivity contribution in [1.82, 2.24) is 9.97 Å². The van der Waals surface area contributed by atoms with Gasteiger partial charge in [0.1, 0.15) is 5.82 Å². The number of amides is 2. The molecule has 2 amide bonds. The fourth-order valence-electron chi connectivity index (χ4n) is 3.28. The molecule has 1 saturated heterocycles. The van der Waals surface area contributed by atoms with Gasteiger partial charge in [-0.2, -0.15) is 0 Å². The topological polar surface area (TPSA) is 82.3 Å². The van der Waals surface area contributed by atoms with Crippen molar-refractivity contribution in [1.29, 1.82) is 0 Å². The van der Waals surface area contributed by atoms with Crippen LogP contribution in [0, 0.1) is 11.6 Å². The van der Waals surface area contributed by atoms with Gasteiger partial charge < -0.3 is 25.3 Å². The van der Waals surface area contributed by atoms with Crippen LogP contribution >= 0.6 is 11.6 Å². The smallest absolute Gasteiger partial charge is 0.323 e. The number of anilines is 3. The van der Waals surface area contributed by atoms with Gasteiger partial charge in [0.2, 0.25) is 0 Å². The fraction of sp³-hybridized carbons (Fsp3) is 0.263. The number of halogens is 3. The first kappa shape index (κ1) is 19.4. The Morgan fingerprint density at radius 1 is 1.28 bits per heavy atom. The molecule has 0 atom stereocenters. The molecule has 1 aromatic carbocycles. The number of carbonyl (C=O) groups excluding carboxylic acids is 1. The van der Waals surface area contributed by atoms with Crippen molar-refractivity contribution in [2.45, 2.75) is 12.5 Å². The van der Waals surface area contributed by atoms with E-state index in [4.69, 9.17) is 16.3 Å². The number of urea groups is 1. The monoisotopic (exact) mass is 421 g/mol. The third-order valence-electron chi connectivity index (χ3n) is 4.89. The summed E-state index contributed by atoms with van der Waals surface area (Å²) in [5.74, 6) is -1.35. The Kier molecular flexibility index (Phi) is 4.79. The highest BCUT2D eigenvalue weighted by molar-refractivity contribution is 6.33. The van der Waals surface area contributed by atoms with Crippen LogP contribution in [0.2, 0.25) is 5.02 Å². The van der Waals surface area contributed by atoms with E-state index in [2.05, 4.69) is 20.6 Å². The Hall–Kier alpha value is -2.91. The number of hydrogen-bond donors (Lipinski definition) is 3. The largest absolute Gasteiger partial charge is 0.375 e. The Balaban J connectivity index is 1.44. The molecule has 0 aliphatic carbocycles. The number of H-pyrrole nitrogens is 1. The zero-order valence-electron chi connectivity index (χ0n) is 15.6. The lowest BCUT2D eigenvalue weighted by atomic mass is 9.96. The van der Waals surface area contributed by atoms with Crippen molar-refractivity contribution < 1.29 is 18.3 Å². The Morgan fingerprint density at radius 2 is 2.00 bits per heavy atom. The van der Waals surface area contributed by atoms with Crippen LogP contribution in [0.5, 0.6) is 0 Å². The maximum absolute atomic E-state index is 13.5. The van der Waals surface area contributed by atoms with Crippen LogP contribution in [-0.2, 0) is 4.74 Å². The third kappa shape index (κ3) is 3.70. The van der Waals surface area contributed by atoms with Crippen molar-refractivity contribution in [3.8, 4) is 0 Å². The summed E-state index contributed by atoms with van der Waals surface area (Å²) in [7, 11) is 1.66. The summed E-state index contributed by atoms with van der Waals surface area (Å²) < 4.78 is 32.2.